The average molecular weight is 479 g/mol. The Bertz CT molecular complexity index is 1030. The number of nitrogens with one attached hydrogen (secondary N) is 1. The topological polar surface area (TPSA) is 21.8 Å². The second-order valence-corrected chi connectivity index (χ2v) is 11.0. The van der Waals surface area contributed by atoms with Crippen molar-refractivity contribution in [1.29, 1.82) is 0 Å². The van der Waals surface area contributed by atoms with Gasteiger partial charge in [-0.15, -0.1) is 0 Å². The lowest BCUT2D eigenvalue weighted by molar-refractivity contribution is 0.181. The summed E-state index contributed by atoms with van der Waals surface area (Å²) in [6.07, 6.45) is 2.41. The molecule has 0 aromatic heterocycles. The number of para-hydroxylation sites is 1. The molecule has 2 heterocycles. The molecule has 2 aromatic carbocycles. The summed E-state index contributed by atoms with van der Waals surface area (Å²) < 4.78 is 0. The highest BCUT2D eigenvalue weighted by Gasteiger charge is 2.26. The molecule has 1 N–H and O–H groups in total. The van der Waals surface area contributed by atoms with Gasteiger partial charge in [0.1, 0.15) is 0 Å². The largest absolute Gasteiger partial charge is 0.371 e. The van der Waals surface area contributed by atoms with E-state index in [2.05, 4.69) is 96.4 Å². The van der Waals surface area contributed by atoms with Crippen LogP contribution < -0.4 is 10.2 Å². The highest BCUT2D eigenvalue weighted by atomic mass is 35.5. The fourth-order valence-electron chi connectivity index (χ4n) is 4.87. The summed E-state index contributed by atoms with van der Waals surface area (Å²) in [7, 11) is 0. The molecule has 2 saturated heterocycles. The van der Waals surface area contributed by atoms with Gasteiger partial charge >= 0.3 is 0 Å². The van der Waals surface area contributed by atoms with Gasteiger partial charge in [-0.3, -0.25) is 4.90 Å². The number of nitrogens with zero attached hydrogens (tertiary/aromatic N) is 3. The summed E-state index contributed by atoms with van der Waals surface area (Å²) >= 11 is 6.78. The number of halogens is 1. The van der Waals surface area contributed by atoms with Gasteiger partial charge in [-0.1, -0.05) is 62.9 Å². The molecule has 2 fully saturated rings. The van der Waals surface area contributed by atoms with E-state index in [9.17, 15) is 0 Å². The molecule has 2 aliphatic heterocycles. The predicted molar refractivity (Wildman–Crippen MR) is 148 cm³/mol. The first-order chi connectivity index (χ1) is 16.2. The van der Waals surface area contributed by atoms with Crippen LogP contribution in [0, 0.1) is 12.3 Å². The molecule has 2 aliphatic rings. The minimum absolute atomic E-state index is 0.434. The van der Waals surface area contributed by atoms with Crippen molar-refractivity contribution in [2.45, 2.75) is 33.6 Å². The highest BCUT2D eigenvalue weighted by Crippen LogP contribution is 2.35. The molecule has 0 amide bonds. The fraction of sp³-hybridized carbons (Fsp3) is 0.448. The molecular weight excluding hydrogens is 440 g/mol. The summed E-state index contributed by atoms with van der Waals surface area (Å²) in [5.41, 5.74) is 7.17. The van der Waals surface area contributed by atoms with Crippen molar-refractivity contribution in [3.05, 3.63) is 77.5 Å². The van der Waals surface area contributed by atoms with Gasteiger partial charge in [0.2, 0.25) is 0 Å². The van der Waals surface area contributed by atoms with Gasteiger partial charge in [0.25, 0.3) is 0 Å². The molecular formula is C29H39ClN4. The molecule has 34 heavy (non-hydrogen) atoms. The number of likely N-dealkylation sites (tertiary alicyclic amines) is 1. The lowest BCUT2D eigenvalue weighted by Gasteiger charge is -2.39. The standard InChI is InChI=1S/C29H39ClN4/c1-22-8-6-7-9-27(22)31-23(2)21-32-16-18-34(19-17-32)28-11-10-25(20-26(28)30)24(3)33-14-12-29(4,5)13-15-33/h6-11,20,31H,2-3,12-19,21H2,1,4-5H3. The molecule has 2 aromatic rings. The summed E-state index contributed by atoms with van der Waals surface area (Å²) in [6.45, 7) is 22.3. The van der Waals surface area contributed by atoms with Crippen LogP contribution >= 0.6 is 11.6 Å². The maximum absolute atomic E-state index is 6.78. The van der Waals surface area contributed by atoms with E-state index < -0.39 is 0 Å². The smallest absolute Gasteiger partial charge is 0.0646 e. The Hall–Kier alpha value is -2.43. The Kier molecular flexibility index (Phi) is 7.59. The van der Waals surface area contributed by atoms with Crippen LogP contribution in [0.15, 0.2) is 61.3 Å². The Morgan fingerprint density at radius 2 is 1.65 bits per heavy atom. The van der Waals surface area contributed by atoms with Crippen LogP contribution in [0.4, 0.5) is 11.4 Å². The number of benzene rings is 2. The van der Waals surface area contributed by atoms with Crippen molar-refractivity contribution < 1.29 is 0 Å². The normalized spacial score (nSPS) is 18.6. The van der Waals surface area contributed by atoms with Crippen molar-refractivity contribution in [1.82, 2.24) is 9.80 Å². The molecule has 0 unspecified atom stereocenters. The van der Waals surface area contributed by atoms with Crippen LogP contribution in [0.3, 0.4) is 0 Å². The first-order valence-electron chi connectivity index (χ1n) is 12.4. The Labute approximate surface area is 210 Å². The summed E-state index contributed by atoms with van der Waals surface area (Å²) in [5.74, 6) is 0. The lowest BCUT2D eigenvalue weighted by Crippen LogP contribution is -2.47. The van der Waals surface area contributed by atoms with Crippen LogP contribution in [0.25, 0.3) is 5.70 Å². The molecule has 0 atom stereocenters. The van der Waals surface area contributed by atoms with Crippen LogP contribution in [0.5, 0.6) is 0 Å². The first-order valence-corrected chi connectivity index (χ1v) is 12.8. The van der Waals surface area contributed by atoms with Gasteiger partial charge in [0, 0.05) is 62.9 Å². The average Bonchev–Trinajstić information content (AvgIpc) is 2.81. The second kappa shape index (κ2) is 10.5. The van der Waals surface area contributed by atoms with E-state index in [-0.39, 0.29) is 0 Å². The van der Waals surface area contributed by atoms with Crippen LogP contribution in [0.1, 0.15) is 37.8 Å². The maximum atomic E-state index is 6.78. The highest BCUT2D eigenvalue weighted by molar-refractivity contribution is 6.33. The molecule has 182 valence electrons. The molecule has 0 spiro atoms. The zero-order chi connectivity index (χ0) is 24.3. The monoisotopic (exact) mass is 478 g/mol. The number of hydrogen-bond donors (Lipinski definition) is 1. The van der Waals surface area contributed by atoms with E-state index in [4.69, 9.17) is 11.6 Å². The van der Waals surface area contributed by atoms with Crippen molar-refractivity contribution >= 4 is 28.7 Å². The minimum Gasteiger partial charge on any atom is -0.371 e. The van der Waals surface area contributed by atoms with E-state index in [0.29, 0.717) is 5.41 Å². The van der Waals surface area contributed by atoms with Gasteiger partial charge in [-0.2, -0.15) is 0 Å². The summed E-state index contributed by atoms with van der Waals surface area (Å²) in [4.78, 5) is 7.26. The maximum Gasteiger partial charge on any atom is 0.0646 e. The van der Waals surface area contributed by atoms with Crippen LogP contribution in [0.2, 0.25) is 5.02 Å². The third-order valence-corrected chi connectivity index (χ3v) is 7.67. The Morgan fingerprint density at radius 1 is 0.971 bits per heavy atom. The van der Waals surface area contributed by atoms with Crippen molar-refractivity contribution in [2.24, 2.45) is 5.41 Å². The third kappa shape index (κ3) is 5.97. The zero-order valence-electron chi connectivity index (χ0n) is 21.0. The Balaban J connectivity index is 1.30. The number of piperidine rings is 1. The molecule has 5 heteroatoms. The fourth-order valence-corrected chi connectivity index (χ4v) is 5.17. The molecule has 4 nitrogen and oxygen atoms in total. The van der Waals surface area contributed by atoms with Gasteiger partial charge < -0.3 is 15.1 Å². The van der Waals surface area contributed by atoms with E-state index >= 15 is 0 Å². The summed E-state index contributed by atoms with van der Waals surface area (Å²) in [6, 6.07) is 14.8. The predicted octanol–water partition coefficient (Wildman–Crippen LogP) is 6.49. The van der Waals surface area contributed by atoms with E-state index in [1.54, 1.807) is 0 Å². The molecule has 0 bridgehead atoms. The van der Waals surface area contributed by atoms with Gasteiger partial charge in [0.05, 0.1) is 10.7 Å². The lowest BCUT2D eigenvalue weighted by atomic mass is 9.82. The van der Waals surface area contributed by atoms with Gasteiger partial charge in [-0.25, -0.2) is 0 Å². The minimum atomic E-state index is 0.434. The van der Waals surface area contributed by atoms with Gasteiger partial charge in [0.15, 0.2) is 0 Å². The molecule has 0 aliphatic carbocycles. The number of piperazine rings is 1. The number of hydrogen-bond acceptors (Lipinski definition) is 4. The molecule has 4 rings (SSSR count). The number of anilines is 2. The van der Waals surface area contributed by atoms with E-state index in [0.717, 1.165) is 79.2 Å². The van der Waals surface area contributed by atoms with Crippen molar-refractivity contribution in [2.75, 3.05) is 56.0 Å². The quantitative estimate of drug-likeness (QED) is 0.491. The number of aryl methyl sites for hydroxylation is 1. The number of rotatable bonds is 7. The first kappa shape index (κ1) is 24.7. The second-order valence-electron chi connectivity index (χ2n) is 10.6. The van der Waals surface area contributed by atoms with E-state index in [1.807, 2.05) is 0 Å². The van der Waals surface area contributed by atoms with Gasteiger partial charge in [-0.05, 0) is 54.5 Å². The SMILES string of the molecule is C=C(CN1CCN(c2ccc(C(=C)N3CCC(C)(C)CC3)cc2Cl)CC1)Nc1ccccc1C. The third-order valence-electron chi connectivity index (χ3n) is 7.36. The van der Waals surface area contributed by atoms with Crippen molar-refractivity contribution in [3.8, 4) is 0 Å². The Morgan fingerprint density at radius 3 is 2.29 bits per heavy atom. The molecule has 0 radical (unpaired) electrons. The zero-order valence-corrected chi connectivity index (χ0v) is 21.8. The van der Waals surface area contributed by atoms with Crippen molar-refractivity contribution in [3.63, 3.8) is 0 Å². The van der Waals surface area contributed by atoms with Crippen LogP contribution in [-0.2, 0) is 0 Å². The van der Waals surface area contributed by atoms with Crippen LogP contribution in [-0.4, -0.2) is 55.6 Å². The molecule has 0 saturated carbocycles. The summed E-state index contributed by atoms with van der Waals surface area (Å²) in [5, 5.41) is 4.29. The van der Waals surface area contributed by atoms with E-state index in [1.165, 1.54) is 18.4 Å².